The van der Waals surface area contributed by atoms with E-state index in [2.05, 4.69) is 11.8 Å². The van der Waals surface area contributed by atoms with Gasteiger partial charge < -0.3 is 4.90 Å². The summed E-state index contributed by atoms with van der Waals surface area (Å²) in [6.07, 6.45) is 3.42. The minimum atomic E-state index is -3.19. The van der Waals surface area contributed by atoms with Crippen LogP contribution in [0.25, 0.3) is 0 Å². The number of carbonyl (C=O) groups excluding carboxylic acids is 1. The van der Waals surface area contributed by atoms with Crippen molar-refractivity contribution >= 4 is 27.5 Å². The first kappa shape index (κ1) is 19.6. The lowest BCUT2D eigenvalue weighted by atomic mass is 10.1. The van der Waals surface area contributed by atoms with Gasteiger partial charge in [-0.2, -0.15) is 4.31 Å². The van der Waals surface area contributed by atoms with Crippen LogP contribution in [0.5, 0.6) is 0 Å². The van der Waals surface area contributed by atoms with Crippen LogP contribution in [0, 0.1) is 0 Å². The lowest BCUT2D eigenvalue weighted by Gasteiger charge is -2.36. The van der Waals surface area contributed by atoms with Crippen LogP contribution >= 0.6 is 11.6 Å². The monoisotopic (exact) mass is 399 g/mol. The molecule has 0 N–H and O–H groups in total. The number of piperazine rings is 1. The van der Waals surface area contributed by atoms with Gasteiger partial charge in [0.1, 0.15) is 0 Å². The summed E-state index contributed by atoms with van der Waals surface area (Å²) in [6, 6.07) is 8.25. The molecule has 3 rings (SSSR count). The first-order valence-corrected chi connectivity index (χ1v) is 11.2. The number of hydrogen-bond acceptors (Lipinski definition) is 4. The molecule has 1 unspecified atom stereocenters. The van der Waals surface area contributed by atoms with Gasteiger partial charge in [-0.1, -0.05) is 29.8 Å². The van der Waals surface area contributed by atoms with Crippen molar-refractivity contribution in [2.24, 2.45) is 0 Å². The number of halogens is 1. The Bertz CT molecular complexity index is 759. The third kappa shape index (κ3) is 4.57. The number of rotatable bonds is 6. The third-order valence-electron chi connectivity index (χ3n) is 5.25. The molecular formula is C18H26ClN3O3S. The molecule has 1 saturated heterocycles. The minimum absolute atomic E-state index is 0.0592. The summed E-state index contributed by atoms with van der Waals surface area (Å²) in [6.45, 7) is 4.07. The van der Waals surface area contributed by atoms with Crippen molar-refractivity contribution in [2.45, 2.75) is 31.8 Å². The first-order chi connectivity index (χ1) is 12.3. The molecular weight excluding hydrogens is 374 g/mol. The second-order valence-corrected chi connectivity index (χ2v) is 9.53. The van der Waals surface area contributed by atoms with E-state index in [0.29, 0.717) is 38.8 Å². The third-order valence-corrected chi connectivity index (χ3v) is 6.89. The molecule has 0 spiro atoms. The zero-order valence-corrected chi connectivity index (χ0v) is 16.8. The molecule has 0 bridgehead atoms. The maximum atomic E-state index is 12.8. The van der Waals surface area contributed by atoms with E-state index in [1.165, 1.54) is 10.6 Å². The molecule has 0 aromatic heterocycles. The number of nitrogens with zero attached hydrogens (tertiary/aromatic N) is 3. The molecule has 0 radical (unpaired) electrons. The highest BCUT2D eigenvalue weighted by Crippen LogP contribution is 2.36. The highest BCUT2D eigenvalue weighted by Gasteiger charge is 2.36. The van der Waals surface area contributed by atoms with Crippen LogP contribution in [0.2, 0.25) is 5.02 Å². The van der Waals surface area contributed by atoms with E-state index in [9.17, 15) is 13.2 Å². The fraction of sp³-hybridized carbons (Fsp3) is 0.611. The molecule has 26 heavy (non-hydrogen) atoms. The molecule has 1 atom stereocenters. The summed E-state index contributed by atoms with van der Waals surface area (Å²) in [5.41, 5.74) is 1.04. The normalized spacial score (nSPS) is 20.4. The lowest BCUT2D eigenvalue weighted by Crippen LogP contribution is -2.52. The van der Waals surface area contributed by atoms with Gasteiger partial charge in [-0.15, -0.1) is 0 Å². The number of sulfonamides is 1. The van der Waals surface area contributed by atoms with Crippen molar-refractivity contribution in [3.05, 3.63) is 34.9 Å². The topological polar surface area (TPSA) is 60.9 Å². The zero-order valence-electron chi connectivity index (χ0n) is 15.3. The van der Waals surface area contributed by atoms with Gasteiger partial charge in [-0.25, -0.2) is 8.42 Å². The van der Waals surface area contributed by atoms with Crippen LogP contribution in [-0.2, 0) is 14.8 Å². The molecule has 6 nitrogen and oxygen atoms in total. The quantitative estimate of drug-likeness (QED) is 0.733. The maximum absolute atomic E-state index is 12.8. The number of benzene rings is 1. The molecule has 1 saturated carbocycles. The average molecular weight is 400 g/mol. The van der Waals surface area contributed by atoms with E-state index in [1.54, 1.807) is 4.90 Å². The van der Waals surface area contributed by atoms with E-state index < -0.39 is 10.0 Å². The highest BCUT2D eigenvalue weighted by molar-refractivity contribution is 7.88. The zero-order chi connectivity index (χ0) is 18.9. The Labute approximate surface area is 160 Å². The SMILES string of the molecule is CC(c1ccccc1Cl)N(CC(=O)N1CCN(S(C)(=O)=O)CC1)C1CC1. The van der Waals surface area contributed by atoms with E-state index in [1.807, 2.05) is 24.3 Å². The Balaban J connectivity index is 1.64. The molecule has 144 valence electrons. The summed E-state index contributed by atoms with van der Waals surface area (Å²) < 4.78 is 24.7. The summed E-state index contributed by atoms with van der Waals surface area (Å²) in [4.78, 5) is 16.8. The van der Waals surface area contributed by atoms with Crippen molar-refractivity contribution in [3.63, 3.8) is 0 Å². The highest BCUT2D eigenvalue weighted by atomic mass is 35.5. The number of carbonyl (C=O) groups is 1. The second-order valence-electron chi connectivity index (χ2n) is 7.14. The molecule has 1 heterocycles. The lowest BCUT2D eigenvalue weighted by molar-refractivity contribution is -0.134. The van der Waals surface area contributed by atoms with Crippen LogP contribution < -0.4 is 0 Å². The summed E-state index contributed by atoms with van der Waals surface area (Å²) in [7, 11) is -3.19. The van der Waals surface area contributed by atoms with Crippen molar-refractivity contribution in [2.75, 3.05) is 39.0 Å². The van der Waals surface area contributed by atoms with Crippen LogP contribution in [0.15, 0.2) is 24.3 Å². The fourth-order valence-electron chi connectivity index (χ4n) is 3.51. The molecule has 8 heteroatoms. The predicted octanol–water partition coefficient (Wildman–Crippen LogP) is 1.97. The molecule has 1 aromatic rings. The Morgan fingerprint density at radius 2 is 1.85 bits per heavy atom. The Kier molecular flexibility index (Phi) is 5.91. The van der Waals surface area contributed by atoms with E-state index in [0.717, 1.165) is 23.4 Å². The van der Waals surface area contributed by atoms with Gasteiger partial charge >= 0.3 is 0 Å². The average Bonchev–Trinajstić information content (AvgIpc) is 3.43. The molecule has 1 aliphatic carbocycles. The smallest absolute Gasteiger partial charge is 0.236 e. The Hall–Kier alpha value is -1.15. The van der Waals surface area contributed by atoms with Crippen molar-refractivity contribution in [3.8, 4) is 0 Å². The molecule has 2 fully saturated rings. The van der Waals surface area contributed by atoms with Gasteiger partial charge in [0, 0.05) is 43.3 Å². The number of hydrogen-bond donors (Lipinski definition) is 0. The predicted molar refractivity (Wildman–Crippen MR) is 103 cm³/mol. The number of amides is 1. The van der Waals surface area contributed by atoms with E-state index in [4.69, 9.17) is 11.6 Å². The molecule has 1 aliphatic heterocycles. The Morgan fingerprint density at radius 3 is 2.38 bits per heavy atom. The largest absolute Gasteiger partial charge is 0.339 e. The van der Waals surface area contributed by atoms with Gasteiger partial charge in [0.25, 0.3) is 0 Å². The van der Waals surface area contributed by atoms with E-state index in [-0.39, 0.29) is 11.9 Å². The fourth-order valence-corrected chi connectivity index (χ4v) is 4.63. The summed E-state index contributed by atoms with van der Waals surface area (Å²) in [5.74, 6) is 0.0592. The minimum Gasteiger partial charge on any atom is -0.339 e. The maximum Gasteiger partial charge on any atom is 0.236 e. The van der Waals surface area contributed by atoms with Gasteiger partial charge in [0.05, 0.1) is 12.8 Å². The van der Waals surface area contributed by atoms with Crippen molar-refractivity contribution in [1.29, 1.82) is 0 Å². The van der Waals surface area contributed by atoms with Gasteiger partial charge in [0.2, 0.25) is 15.9 Å². The van der Waals surface area contributed by atoms with Crippen LogP contribution in [0.1, 0.15) is 31.4 Å². The second kappa shape index (κ2) is 7.84. The van der Waals surface area contributed by atoms with Gasteiger partial charge in [-0.05, 0) is 31.4 Å². The summed E-state index contributed by atoms with van der Waals surface area (Å²) in [5, 5.41) is 0.722. The molecule has 1 amide bonds. The Morgan fingerprint density at radius 1 is 1.23 bits per heavy atom. The van der Waals surface area contributed by atoms with Gasteiger partial charge in [-0.3, -0.25) is 9.69 Å². The van der Waals surface area contributed by atoms with Crippen LogP contribution in [0.3, 0.4) is 0 Å². The van der Waals surface area contributed by atoms with Crippen LogP contribution in [-0.4, -0.2) is 73.5 Å². The first-order valence-electron chi connectivity index (χ1n) is 9.00. The molecule has 2 aliphatic rings. The molecule has 1 aromatic carbocycles. The summed E-state index contributed by atoms with van der Waals surface area (Å²) >= 11 is 6.35. The van der Waals surface area contributed by atoms with E-state index >= 15 is 0 Å². The standard InChI is InChI=1S/C18H26ClN3O3S/c1-14(16-5-3-4-6-17(16)19)22(15-7-8-15)13-18(23)20-9-11-21(12-10-20)26(2,24)25/h3-6,14-15H,7-13H2,1-2H3. The van der Waals surface area contributed by atoms with Crippen LogP contribution in [0.4, 0.5) is 0 Å². The van der Waals surface area contributed by atoms with Crippen molar-refractivity contribution in [1.82, 2.24) is 14.1 Å². The van der Waals surface area contributed by atoms with Crippen molar-refractivity contribution < 1.29 is 13.2 Å². The van der Waals surface area contributed by atoms with Gasteiger partial charge in [0.15, 0.2) is 0 Å².